The molecule has 0 aromatic rings. The smallest absolute Gasteiger partial charge is 0.222 e. The van der Waals surface area contributed by atoms with E-state index in [4.69, 9.17) is 0 Å². The molecule has 1 heterocycles. The maximum Gasteiger partial charge on any atom is 0.222 e. The fourth-order valence-corrected chi connectivity index (χ4v) is 3.87. The average Bonchev–Trinajstić information content (AvgIpc) is 3.10. The van der Waals surface area contributed by atoms with Crippen LogP contribution in [0.5, 0.6) is 0 Å². The maximum absolute atomic E-state index is 11.5. The number of rotatable bonds is 6. The topological polar surface area (TPSA) is 32.3 Å². The Balaban J connectivity index is 1.34. The van der Waals surface area contributed by atoms with Crippen molar-refractivity contribution in [1.29, 1.82) is 0 Å². The molecule has 3 nitrogen and oxygen atoms in total. The molecule has 0 spiro atoms. The van der Waals surface area contributed by atoms with E-state index in [1.807, 2.05) is 4.90 Å². The van der Waals surface area contributed by atoms with Crippen LogP contribution in [0, 0.1) is 17.8 Å². The number of fused-ring (bicyclic) bond motifs is 2. The van der Waals surface area contributed by atoms with Crippen molar-refractivity contribution in [3.8, 4) is 0 Å². The average molecular weight is 262 g/mol. The van der Waals surface area contributed by atoms with Crippen LogP contribution in [0.4, 0.5) is 0 Å². The Morgan fingerprint density at radius 1 is 1.42 bits per heavy atom. The minimum Gasteiger partial charge on any atom is -0.343 e. The lowest BCUT2D eigenvalue weighted by molar-refractivity contribution is -0.127. The molecule has 1 amide bonds. The van der Waals surface area contributed by atoms with E-state index in [0.29, 0.717) is 11.9 Å². The van der Waals surface area contributed by atoms with Crippen molar-refractivity contribution in [3.05, 3.63) is 12.2 Å². The monoisotopic (exact) mass is 262 g/mol. The van der Waals surface area contributed by atoms with Gasteiger partial charge in [-0.2, -0.15) is 0 Å². The predicted octanol–water partition coefficient (Wildman–Crippen LogP) is 2.19. The Morgan fingerprint density at radius 2 is 2.32 bits per heavy atom. The van der Waals surface area contributed by atoms with E-state index in [1.54, 1.807) is 0 Å². The van der Waals surface area contributed by atoms with Crippen molar-refractivity contribution < 1.29 is 4.79 Å². The lowest BCUT2D eigenvalue weighted by Gasteiger charge is -2.23. The molecule has 1 saturated heterocycles. The third-order valence-corrected chi connectivity index (χ3v) is 5.15. The number of likely N-dealkylation sites (tertiary alicyclic amines) is 1. The van der Waals surface area contributed by atoms with Gasteiger partial charge in [-0.05, 0) is 56.9 Å². The largest absolute Gasteiger partial charge is 0.343 e. The van der Waals surface area contributed by atoms with Gasteiger partial charge < -0.3 is 10.2 Å². The van der Waals surface area contributed by atoms with Gasteiger partial charge in [0.2, 0.25) is 5.91 Å². The molecule has 19 heavy (non-hydrogen) atoms. The first-order valence-corrected chi connectivity index (χ1v) is 7.92. The summed E-state index contributed by atoms with van der Waals surface area (Å²) in [6.45, 7) is 5.32. The van der Waals surface area contributed by atoms with Crippen LogP contribution >= 0.6 is 0 Å². The molecule has 2 bridgehead atoms. The zero-order valence-electron chi connectivity index (χ0n) is 12.0. The van der Waals surface area contributed by atoms with Gasteiger partial charge in [0.15, 0.2) is 0 Å². The van der Waals surface area contributed by atoms with E-state index in [0.717, 1.165) is 56.7 Å². The summed E-state index contributed by atoms with van der Waals surface area (Å²) in [5, 5.41) is 3.68. The van der Waals surface area contributed by atoms with Crippen molar-refractivity contribution in [3.63, 3.8) is 0 Å². The molecule has 106 valence electrons. The highest BCUT2D eigenvalue weighted by Gasteiger charge is 2.35. The summed E-state index contributed by atoms with van der Waals surface area (Å²) in [6.07, 6.45) is 10.5. The summed E-state index contributed by atoms with van der Waals surface area (Å²) >= 11 is 0. The van der Waals surface area contributed by atoms with Crippen LogP contribution in [0.3, 0.4) is 0 Å². The molecular formula is C16H26N2O. The van der Waals surface area contributed by atoms with Crippen LogP contribution in [0.15, 0.2) is 12.2 Å². The molecule has 0 unspecified atom stereocenters. The molecule has 3 heteroatoms. The third-order valence-electron chi connectivity index (χ3n) is 5.15. The van der Waals surface area contributed by atoms with E-state index < -0.39 is 0 Å². The quantitative estimate of drug-likeness (QED) is 0.744. The highest BCUT2D eigenvalue weighted by Crippen LogP contribution is 2.42. The minimum absolute atomic E-state index is 0.352. The molecule has 2 aliphatic carbocycles. The first kappa shape index (κ1) is 13.2. The molecule has 3 rings (SSSR count). The molecule has 0 aromatic carbocycles. The lowest BCUT2D eigenvalue weighted by atomic mass is 9.93. The molecule has 4 atom stereocenters. The van der Waals surface area contributed by atoms with Crippen molar-refractivity contribution in [2.24, 2.45) is 17.8 Å². The summed E-state index contributed by atoms with van der Waals surface area (Å²) in [5.41, 5.74) is 0. The fraction of sp³-hybridized carbons (Fsp3) is 0.812. The molecule has 1 aliphatic heterocycles. The van der Waals surface area contributed by atoms with Crippen LogP contribution in [0.1, 0.15) is 39.0 Å². The zero-order chi connectivity index (χ0) is 13.2. The van der Waals surface area contributed by atoms with Gasteiger partial charge >= 0.3 is 0 Å². The van der Waals surface area contributed by atoms with Crippen molar-refractivity contribution >= 4 is 5.91 Å². The van der Waals surface area contributed by atoms with Crippen LogP contribution in [0.25, 0.3) is 0 Å². The van der Waals surface area contributed by atoms with Crippen molar-refractivity contribution in [1.82, 2.24) is 10.2 Å². The summed E-state index contributed by atoms with van der Waals surface area (Å²) in [5.74, 6) is 2.91. The van der Waals surface area contributed by atoms with E-state index in [-0.39, 0.29) is 0 Å². The van der Waals surface area contributed by atoms with Gasteiger partial charge in [0, 0.05) is 25.6 Å². The van der Waals surface area contributed by atoms with Crippen molar-refractivity contribution in [2.45, 2.75) is 45.1 Å². The first-order chi connectivity index (χ1) is 9.22. The zero-order valence-corrected chi connectivity index (χ0v) is 12.0. The number of hydrogen-bond acceptors (Lipinski definition) is 2. The van der Waals surface area contributed by atoms with Gasteiger partial charge in [-0.15, -0.1) is 0 Å². The van der Waals surface area contributed by atoms with Crippen LogP contribution in [0.2, 0.25) is 0 Å². The van der Waals surface area contributed by atoms with Gasteiger partial charge in [0.1, 0.15) is 0 Å². The summed E-state index contributed by atoms with van der Waals surface area (Å²) in [6, 6.07) is 0.525. The van der Waals surface area contributed by atoms with Crippen LogP contribution in [-0.2, 0) is 4.79 Å². The Bertz CT molecular complexity index is 366. The first-order valence-electron chi connectivity index (χ1n) is 7.92. The Labute approximate surface area is 116 Å². The number of carbonyl (C=O) groups is 1. The van der Waals surface area contributed by atoms with Gasteiger partial charge in [0.05, 0.1) is 0 Å². The number of nitrogens with one attached hydrogen (secondary N) is 1. The predicted molar refractivity (Wildman–Crippen MR) is 76.7 cm³/mol. The van der Waals surface area contributed by atoms with Crippen molar-refractivity contribution in [2.75, 3.05) is 19.6 Å². The standard InChI is InChI=1S/C16H26N2O/c1-12(6-8-18-7-2-3-16(18)19)17-11-15-10-13-4-5-14(15)9-13/h4-5,12-15,17H,2-3,6-11H2,1H3/t12-,13-,14-,15-/m0/s1. The van der Waals surface area contributed by atoms with Gasteiger partial charge in [-0.3, -0.25) is 4.79 Å². The summed E-state index contributed by atoms with van der Waals surface area (Å²) in [4.78, 5) is 13.6. The normalized spacial score (nSPS) is 34.5. The highest BCUT2D eigenvalue weighted by atomic mass is 16.2. The Kier molecular flexibility index (Phi) is 3.92. The number of nitrogens with zero attached hydrogens (tertiary/aromatic N) is 1. The van der Waals surface area contributed by atoms with Gasteiger partial charge in [-0.25, -0.2) is 0 Å². The van der Waals surface area contributed by atoms with Crippen LogP contribution < -0.4 is 5.32 Å². The molecular weight excluding hydrogens is 236 g/mol. The second-order valence-electron chi connectivity index (χ2n) is 6.62. The molecule has 1 saturated carbocycles. The SMILES string of the molecule is C[C@@H](CCN1CCCC1=O)NC[C@@H]1C[C@H]2C=C[C@H]1C2. The molecule has 3 aliphatic rings. The fourth-order valence-electron chi connectivity index (χ4n) is 3.87. The number of hydrogen-bond donors (Lipinski definition) is 1. The molecule has 1 N–H and O–H groups in total. The maximum atomic E-state index is 11.5. The number of allylic oxidation sites excluding steroid dienone is 2. The van der Waals surface area contributed by atoms with E-state index in [9.17, 15) is 4.79 Å². The molecule has 0 aromatic heterocycles. The van der Waals surface area contributed by atoms with E-state index >= 15 is 0 Å². The highest BCUT2D eigenvalue weighted by molar-refractivity contribution is 5.77. The Hall–Kier alpha value is -0.830. The Morgan fingerprint density at radius 3 is 2.95 bits per heavy atom. The minimum atomic E-state index is 0.352. The van der Waals surface area contributed by atoms with Gasteiger partial charge in [-0.1, -0.05) is 12.2 Å². The lowest BCUT2D eigenvalue weighted by Crippen LogP contribution is -2.36. The molecule has 2 fully saturated rings. The summed E-state index contributed by atoms with van der Waals surface area (Å²) < 4.78 is 0. The number of amides is 1. The second-order valence-corrected chi connectivity index (χ2v) is 6.62. The summed E-state index contributed by atoms with van der Waals surface area (Å²) in [7, 11) is 0. The second kappa shape index (κ2) is 5.66. The number of carbonyl (C=O) groups excluding carboxylic acids is 1. The molecule has 0 radical (unpaired) electrons. The van der Waals surface area contributed by atoms with E-state index in [2.05, 4.69) is 24.4 Å². The third kappa shape index (κ3) is 3.02. The van der Waals surface area contributed by atoms with Gasteiger partial charge in [0.25, 0.3) is 0 Å². The van der Waals surface area contributed by atoms with Crippen LogP contribution in [-0.4, -0.2) is 36.5 Å². The van der Waals surface area contributed by atoms with E-state index in [1.165, 1.54) is 12.8 Å².